The van der Waals surface area contributed by atoms with Crippen LogP contribution in [0, 0.1) is 0 Å². The van der Waals surface area contributed by atoms with Crippen molar-refractivity contribution in [3.63, 3.8) is 0 Å². The summed E-state index contributed by atoms with van der Waals surface area (Å²) in [7, 11) is 0. The van der Waals surface area contributed by atoms with Gasteiger partial charge in [-0.2, -0.15) is 0 Å². The molecule has 0 fully saturated rings. The van der Waals surface area contributed by atoms with Crippen LogP contribution in [0.1, 0.15) is 5.56 Å². The number of rotatable bonds is 2. The van der Waals surface area contributed by atoms with Gasteiger partial charge in [-0.1, -0.05) is 11.6 Å². The van der Waals surface area contributed by atoms with Crippen molar-refractivity contribution in [2.75, 3.05) is 6.54 Å². The SMILES string of the molecule is NCCc1cc2ccoc2cc1Cl. The fourth-order valence-electron chi connectivity index (χ4n) is 1.38. The average molecular weight is 196 g/mol. The topological polar surface area (TPSA) is 39.2 Å². The van der Waals surface area contributed by atoms with Gasteiger partial charge in [-0.3, -0.25) is 0 Å². The lowest BCUT2D eigenvalue weighted by molar-refractivity contribution is 0.616. The summed E-state index contributed by atoms with van der Waals surface area (Å²) in [5, 5.41) is 1.81. The summed E-state index contributed by atoms with van der Waals surface area (Å²) in [4.78, 5) is 0. The summed E-state index contributed by atoms with van der Waals surface area (Å²) < 4.78 is 5.22. The van der Waals surface area contributed by atoms with Crippen molar-refractivity contribution < 1.29 is 4.42 Å². The van der Waals surface area contributed by atoms with Crippen molar-refractivity contribution in [1.29, 1.82) is 0 Å². The highest BCUT2D eigenvalue weighted by atomic mass is 35.5. The molecule has 0 saturated carbocycles. The van der Waals surface area contributed by atoms with Crippen molar-refractivity contribution in [2.45, 2.75) is 6.42 Å². The molecule has 0 bridgehead atoms. The normalized spacial score (nSPS) is 10.9. The second-order valence-corrected chi connectivity index (χ2v) is 3.35. The largest absolute Gasteiger partial charge is 0.464 e. The molecule has 0 aliphatic carbocycles. The van der Waals surface area contributed by atoms with Crippen molar-refractivity contribution in [3.8, 4) is 0 Å². The van der Waals surface area contributed by atoms with Gasteiger partial charge >= 0.3 is 0 Å². The molecule has 2 N–H and O–H groups in total. The van der Waals surface area contributed by atoms with Crippen LogP contribution in [-0.4, -0.2) is 6.54 Å². The third-order valence-electron chi connectivity index (χ3n) is 2.04. The second kappa shape index (κ2) is 3.40. The molecule has 0 radical (unpaired) electrons. The first-order chi connectivity index (χ1) is 6.31. The number of furan rings is 1. The molecule has 68 valence electrons. The Kier molecular flexibility index (Phi) is 2.25. The van der Waals surface area contributed by atoms with E-state index in [1.54, 1.807) is 6.26 Å². The maximum Gasteiger partial charge on any atom is 0.135 e. The number of hydrogen-bond donors (Lipinski definition) is 1. The Balaban J connectivity index is 2.56. The van der Waals surface area contributed by atoms with Gasteiger partial charge in [-0.15, -0.1) is 0 Å². The minimum absolute atomic E-state index is 0.614. The number of nitrogens with two attached hydrogens (primary N) is 1. The number of benzene rings is 1. The van der Waals surface area contributed by atoms with E-state index in [1.807, 2.05) is 18.2 Å². The molecule has 1 aromatic carbocycles. The molecule has 0 aliphatic rings. The maximum absolute atomic E-state index is 6.02. The van der Waals surface area contributed by atoms with Crippen LogP contribution in [0.3, 0.4) is 0 Å². The van der Waals surface area contributed by atoms with Gasteiger partial charge in [0.2, 0.25) is 0 Å². The van der Waals surface area contributed by atoms with Crippen molar-refractivity contribution in [2.24, 2.45) is 5.73 Å². The Morgan fingerprint density at radius 2 is 2.23 bits per heavy atom. The van der Waals surface area contributed by atoms with Gasteiger partial charge in [0, 0.05) is 16.5 Å². The summed E-state index contributed by atoms with van der Waals surface area (Å²) in [6, 6.07) is 5.78. The van der Waals surface area contributed by atoms with Gasteiger partial charge in [0.05, 0.1) is 6.26 Å². The highest BCUT2D eigenvalue weighted by molar-refractivity contribution is 6.32. The van der Waals surface area contributed by atoms with Crippen LogP contribution in [-0.2, 0) is 6.42 Å². The molecule has 13 heavy (non-hydrogen) atoms. The lowest BCUT2D eigenvalue weighted by atomic mass is 10.1. The first-order valence-electron chi connectivity index (χ1n) is 4.17. The lowest BCUT2D eigenvalue weighted by Gasteiger charge is -2.01. The van der Waals surface area contributed by atoms with Crippen LogP contribution in [0.25, 0.3) is 11.0 Å². The zero-order valence-corrected chi connectivity index (χ0v) is 7.84. The van der Waals surface area contributed by atoms with E-state index in [0.29, 0.717) is 6.54 Å². The Morgan fingerprint density at radius 3 is 3.00 bits per heavy atom. The predicted octanol–water partition coefficient (Wildman–Crippen LogP) is 2.59. The first kappa shape index (κ1) is 8.60. The van der Waals surface area contributed by atoms with Gasteiger partial charge in [0.15, 0.2) is 0 Å². The van der Waals surface area contributed by atoms with E-state index in [0.717, 1.165) is 28.0 Å². The molecule has 1 aromatic heterocycles. The van der Waals surface area contributed by atoms with Crippen molar-refractivity contribution in [1.82, 2.24) is 0 Å². The summed E-state index contributed by atoms with van der Waals surface area (Å²) in [6.07, 6.45) is 2.47. The molecule has 0 atom stereocenters. The predicted molar refractivity (Wildman–Crippen MR) is 54.0 cm³/mol. The van der Waals surface area contributed by atoms with E-state index in [1.165, 1.54) is 0 Å². The van der Waals surface area contributed by atoms with Crippen molar-refractivity contribution in [3.05, 3.63) is 35.0 Å². The van der Waals surface area contributed by atoms with E-state index in [2.05, 4.69) is 0 Å². The smallest absolute Gasteiger partial charge is 0.135 e. The minimum Gasteiger partial charge on any atom is -0.464 e. The molecular formula is C10H10ClNO. The van der Waals surface area contributed by atoms with Gasteiger partial charge in [-0.25, -0.2) is 0 Å². The highest BCUT2D eigenvalue weighted by Crippen LogP contribution is 2.24. The Morgan fingerprint density at radius 1 is 1.38 bits per heavy atom. The molecular weight excluding hydrogens is 186 g/mol. The molecule has 1 heterocycles. The molecule has 2 nitrogen and oxygen atoms in total. The third-order valence-corrected chi connectivity index (χ3v) is 2.39. The summed E-state index contributed by atoms with van der Waals surface area (Å²) >= 11 is 6.02. The molecule has 0 amide bonds. The van der Waals surface area contributed by atoms with Crippen LogP contribution in [0.5, 0.6) is 0 Å². The molecule has 3 heteroatoms. The van der Waals surface area contributed by atoms with Crippen LogP contribution < -0.4 is 5.73 Å². The molecule has 0 aliphatic heterocycles. The summed E-state index contributed by atoms with van der Waals surface area (Å²) in [5.74, 6) is 0. The van der Waals surface area contributed by atoms with E-state index < -0.39 is 0 Å². The quantitative estimate of drug-likeness (QED) is 0.800. The highest BCUT2D eigenvalue weighted by Gasteiger charge is 2.03. The van der Waals surface area contributed by atoms with Gasteiger partial charge < -0.3 is 10.2 Å². The van der Waals surface area contributed by atoms with E-state index in [9.17, 15) is 0 Å². The van der Waals surface area contributed by atoms with Crippen LogP contribution in [0.15, 0.2) is 28.9 Å². The lowest BCUT2D eigenvalue weighted by Crippen LogP contribution is -2.02. The Hall–Kier alpha value is -0.990. The fourth-order valence-corrected chi connectivity index (χ4v) is 1.63. The molecule has 2 aromatic rings. The van der Waals surface area contributed by atoms with E-state index >= 15 is 0 Å². The second-order valence-electron chi connectivity index (χ2n) is 2.94. The van der Waals surface area contributed by atoms with Gasteiger partial charge in [0.25, 0.3) is 0 Å². The Bertz CT molecular complexity index is 422. The maximum atomic E-state index is 6.02. The molecule has 0 saturated heterocycles. The fraction of sp³-hybridized carbons (Fsp3) is 0.200. The van der Waals surface area contributed by atoms with Crippen LogP contribution >= 0.6 is 11.6 Å². The monoisotopic (exact) mass is 195 g/mol. The standard InChI is InChI=1S/C10H10ClNO/c11-9-6-10-8(2-4-13-10)5-7(9)1-3-12/h2,4-6H,1,3,12H2. The van der Waals surface area contributed by atoms with Gasteiger partial charge in [-0.05, 0) is 30.7 Å². The molecule has 0 unspecified atom stereocenters. The van der Waals surface area contributed by atoms with Crippen molar-refractivity contribution >= 4 is 22.6 Å². The number of fused-ring (bicyclic) bond motifs is 1. The zero-order valence-electron chi connectivity index (χ0n) is 7.09. The zero-order chi connectivity index (χ0) is 9.26. The summed E-state index contributed by atoms with van der Waals surface area (Å²) in [5.41, 5.74) is 7.37. The average Bonchev–Trinajstić information content (AvgIpc) is 2.52. The van der Waals surface area contributed by atoms with Crippen LogP contribution in [0.4, 0.5) is 0 Å². The first-order valence-corrected chi connectivity index (χ1v) is 4.55. The minimum atomic E-state index is 0.614. The third kappa shape index (κ3) is 1.55. The number of hydrogen-bond acceptors (Lipinski definition) is 2. The van der Waals surface area contributed by atoms with Gasteiger partial charge in [0.1, 0.15) is 5.58 Å². The van der Waals surface area contributed by atoms with E-state index in [-0.39, 0.29) is 0 Å². The summed E-state index contributed by atoms with van der Waals surface area (Å²) in [6.45, 7) is 0.614. The van der Waals surface area contributed by atoms with Crippen LogP contribution in [0.2, 0.25) is 5.02 Å². The molecule has 2 rings (SSSR count). The molecule has 0 spiro atoms. The van der Waals surface area contributed by atoms with E-state index in [4.69, 9.17) is 21.8 Å². The number of halogens is 1. The Labute approximate surface area is 81.3 Å².